The number of aryl methyl sites for hydroxylation is 1. The molecule has 0 heterocycles. The summed E-state index contributed by atoms with van der Waals surface area (Å²) < 4.78 is 24.8. The van der Waals surface area contributed by atoms with Crippen LogP contribution in [0.5, 0.6) is 0 Å². The first-order chi connectivity index (χ1) is 12.7. The average Bonchev–Trinajstić information content (AvgIpc) is 2.64. The van der Waals surface area contributed by atoms with Crippen LogP contribution in [0.3, 0.4) is 0 Å². The molecule has 0 saturated carbocycles. The molecule has 3 atom stereocenters. The number of benzene rings is 2. The number of rotatable bonds is 9. The van der Waals surface area contributed by atoms with Gasteiger partial charge in [0, 0.05) is 7.11 Å². The van der Waals surface area contributed by atoms with Crippen LogP contribution in [0.1, 0.15) is 38.3 Å². The normalized spacial score (nSPS) is 16.5. The average molecular weight is 390 g/mol. The molecule has 0 bridgehead atoms. The fraction of sp³-hybridized carbons (Fsp3) is 0.455. The van der Waals surface area contributed by atoms with Gasteiger partial charge in [0.25, 0.3) is 0 Å². The lowest BCUT2D eigenvalue weighted by molar-refractivity contribution is 0.0809. The maximum absolute atomic E-state index is 13.6. The van der Waals surface area contributed by atoms with Crippen molar-refractivity contribution in [2.75, 3.05) is 7.11 Å². The van der Waals surface area contributed by atoms with E-state index in [-0.39, 0.29) is 0 Å². The molecule has 3 unspecified atom stereocenters. The van der Waals surface area contributed by atoms with Crippen LogP contribution in [0.25, 0.3) is 0 Å². The zero-order chi connectivity index (χ0) is 19.9. The van der Waals surface area contributed by atoms with Gasteiger partial charge in [0.15, 0.2) is 0 Å². The van der Waals surface area contributed by atoms with Crippen molar-refractivity contribution in [3.05, 3.63) is 71.8 Å². The van der Waals surface area contributed by atoms with E-state index in [0.717, 1.165) is 11.1 Å². The molecular formula is C22H31O4P. The Bertz CT molecular complexity index is 725. The second-order valence-electron chi connectivity index (χ2n) is 7.77. The van der Waals surface area contributed by atoms with Crippen molar-refractivity contribution >= 4 is 7.60 Å². The van der Waals surface area contributed by atoms with E-state index in [1.807, 2.05) is 81.4 Å². The standard InChI is InChI=1S/C22H31O4P/c1-22(2,3)26-27(24,25-4)21(17-19-13-9-6-10-14-19)20(23)16-15-18-11-7-5-8-12-18/h5-14,20-21,23H,15-17H2,1-4H3. The summed E-state index contributed by atoms with van der Waals surface area (Å²) in [5.41, 5.74) is 0.863. The number of aliphatic hydroxyl groups is 1. The SMILES string of the molecule is COP(=O)(OC(C)(C)C)C(Cc1ccccc1)C(O)CCc1ccccc1. The number of aliphatic hydroxyl groups excluding tert-OH is 1. The lowest BCUT2D eigenvalue weighted by atomic mass is 10.0. The molecule has 0 radical (unpaired) electrons. The van der Waals surface area contributed by atoms with Crippen molar-refractivity contribution in [1.29, 1.82) is 0 Å². The fourth-order valence-electron chi connectivity index (χ4n) is 3.09. The molecule has 27 heavy (non-hydrogen) atoms. The highest BCUT2D eigenvalue weighted by molar-refractivity contribution is 7.54. The second-order valence-corrected chi connectivity index (χ2v) is 10.1. The Morgan fingerprint density at radius 1 is 0.963 bits per heavy atom. The van der Waals surface area contributed by atoms with Gasteiger partial charge in [-0.05, 0) is 51.2 Å². The minimum Gasteiger partial charge on any atom is -0.392 e. The monoisotopic (exact) mass is 390 g/mol. The van der Waals surface area contributed by atoms with Gasteiger partial charge in [0.2, 0.25) is 0 Å². The lowest BCUT2D eigenvalue weighted by Gasteiger charge is -2.34. The molecule has 0 aromatic heterocycles. The van der Waals surface area contributed by atoms with Gasteiger partial charge in [0.05, 0.1) is 17.4 Å². The third-order valence-electron chi connectivity index (χ3n) is 4.37. The van der Waals surface area contributed by atoms with Crippen LogP contribution in [0, 0.1) is 0 Å². The largest absolute Gasteiger partial charge is 0.392 e. The molecule has 5 heteroatoms. The van der Waals surface area contributed by atoms with Crippen LogP contribution < -0.4 is 0 Å². The van der Waals surface area contributed by atoms with E-state index < -0.39 is 25.0 Å². The van der Waals surface area contributed by atoms with Crippen molar-refractivity contribution in [3.8, 4) is 0 Å². The van der Waals surface area contributed by atoms with E-state index in [2.05, 4.69) is 0 Å². The van der Waals surface area contributed by atoms with Gasteiger partial charge in [-0.2, -0.15) is 0 Å². The van der Waals surface area contributed by atoms with Crippen LogP contribution in [-0.4, -0.2) is 29.6 Å². The lowest BCUT2D eigenvalue weighted by Crippen LogP contribution is -2.33. The summed E-state index contributed by atoms with van der Waals surface area (Å²) in [5.74, 6) is 0. The van der Waals surface area contributed by atoms with Crippen molar-refractivity contribution in [3.63, 3.8) is 0 Å². The molecule has 2 aromatic rings. The Hall–Kier alpha value is -1.45. The minimum absolute atomic E-state index is 0.429. The predicted molar refractivity (Wildman–Crippen MR) is 110 cm³/mol. The zero-order valence-electron chi connectivity index (χ0n) is 16.7. The van der Waals surface area contributed by atoms with Gasteiger partial charge in [-0.1, -0.05) is 60.7 Å². The van der Waals surface area contributed by atoms with Crippen LogP contribution in [-0.2, 0) is 26.5 Å². The molecule has 2 aromatic carbocycles. The number of hydrogen-bond donors (Lipinski definition) is 1. The molecule has 148 valence electrons. The molecule has 0 amide bonds. The third kappa shape index (κ3) is 6.90. The van der Waals surface area contributed by atoms with Crippen molar-refractivity contribution in [2.24, 2.45) is 0 Å². The first kappa shape index (κ1) is 21.8. The molecule has 0 saturated heterocycles. The van der Waals surface area contributed by atoms with E-state index in [9.17, 15) is 9.67 Å². The van der Waals surface area contributed by atoms with Crippen LogP contribution in [0.15, 0.2) is 60.7 Å². The van der Waals surface area contributed by atoms with Crippen LogP contribution in [0.2, 0.25) is 0 Å². The van der Waals surface area contributed by atoms with Gasteiger partial charge < -0.3 is 14.2 Å². The number of hydrogen-bond acceptors (Lipinski definition) is 4. The fourth-order valence-corrected chi connectivity index (χ4v) is 5.34. The van der Waals surface area contributed by atoms with E-state index in [1.54, 1.807) is 0 Å². The van der Waals surface area contributed by atoms with Gasteiger partial charge in [-0.3, -0.25) is 4.57 Å². The summed E-state index contributed by atoms with van der Waals surface area (Å²) in [6.07, 6.45) is 0.811. The Labute approximate surface area is 163 Å². The van der Waals surface area contributed by atoms with Gasteiger partial charge in [-0.25, -0.2) is 0 Å². The molecule has 4 nitrogen and oxygen atoms in total. The Kier molecular flexibility index (Phi) is 7.81. The van der Waals surface area contributed by atoms with E-state index in [0.29, 0.717) is 19.3 Å². The summed E-state index contributed by atoms with van der Waals surface area (Å²) >= 11 is 0. The summed E-state index contributed by atoms with van der Waals surface area (Å²) in [7, 11) is -2.13. The third-order valence-corrected chi connectivity index (χ3v) is 7.02. The molecular weight excluding hydrogens is 359 g/mol. The molecule has 1 N–H and O–H groups in total. The summed E-state index contributed by atoms with van der Waals surface area (Å²) in [4.78, 5) is 0. The van der Waals surface area contributed by atoms with Crippen molar-refractivity contribution < 1.29 is 18.7 Å². The molecule has 2 rings (SSSR count). The van der Waals surface area contributed by atoms with Gasteiger partial charge >= 0.3 is 7.60 Å². The summed E-state index contributed by atoms with van der Waals surface area (Å²) in [5, 5.41) is 11.0. The first-order valence-electron chi connectivity index (χ1n) is 9.35. The highest BCUT2D eigenvalue weighted by atomic mass is 31.2. The summed E-state index contributed by atoms with van der Waals surface area (Å²) in [6, 6.07) is 19.7. The van der Waals surface area contributed by atoms with Gasteiger partial charge in [0.1, 0.15) is 0 Å². The Balaban J connectivity index is 2.23. The smallest absolute Gasteiger partial charge is 0.336 e. The Morgan fingerprint density at radius 3 is 1.96 bits per heavy atom. The van der Waals surface area contributed by atoms with Crippen molar-refractivity contribution in [1.82, 2.24) is 0 Å². The Morgan fingerprint density at radius 2 is 1.48 bits per heavy atom. The highest BCUT2D eigenvalue weighted by Crippen LogP contribution is 2.57. The zero-order valence-corrected chi connectivity index (χ0v) is 17.6. The van der Waals surface area contributed by atoms with Crippen LogP contribution in [0.4, 0.5) is 0 Å². The second kappa shape index (κ2) is 9.66. The first-order valence-corrected chi connectivity index (χ1v) is 11.0. The highest BCUT2D eigenvalue weighted by Gasteiger charge is 2.42. The minimum atomic E-state index is -3.52. The van der Waals surface area contributed by atoms with Gasteiger partial charge in [-0.15, -0.1) is 0 Å². The topological polar surface area (TPSA) is 55.8 Å². The van der Waals surface area contributed by atoms with E-state index in [1.165, 1.54) is 7.11 Å². The molecule has 0 spiro atoms. The van der Waals surface area contributed by atoms with Crippen LogP contribution >= 0.6 is 7.60 Å². The van der Waals surface area contributed by atoms with E-state index >= 15 is 0 Å². The van der Waals surface area contributed by atoms with E-state index in [4.69, 9.17) is 9.05 Å². The summed E-state index contributed by atoms with van der Waals surface area (Å²) in [6.45, 7) is 5.53. The maximum Gasteiger partial charge on any atom is 0.336 e. The quantitative estimate of drug-likeness (QED) is 0.595. The maximum atomic E-state index is 13.6. The predicted octanol–water partition coefficient (Wildman–Crippen LogP) is 5.25. The molecule has 0 aliphatic carbocycles. The van der Waals surface area contributed by atoms with Crippen molar-refractivity contribution in [2.45, 2.75) is 57.4 Å². The molecule has 0 fully saturated rings. The molecule has 0 aliphatic rings. The molecule has 0 aliphatic heterocycles.